The fourth-order valence-electron chi connectivity index (χ4n) is 2.07. The number of hydrogen-bond acceptors (Lipinski definition) is 3. The van der Waals surface area contributed by atoms with Crippen LogP contribution in [-0.4, -0.2) is 25.0 Å². The summed E-state index contributed by atoms with van der Waals surface area (Å²) in [5.41, 5.74) is 1.25. The van der Waals surface area contributed by atoms with E-state index >= 15 is 0 Å². The van der Waals surface area contributed by atoms with Crippen LogP contribution in [-0.2, 0) is 16.0 Å². The van der Waals surface area contributed by atoms with Crippen molar-refractivity contribution in [1.29, 1.82) is 0 Å². The number of carbonyl (C=O) groups is 2. The maximum absolute atomic E-state index is 12.3. The summed E-state index contributed by atoms with van der Waals surface area (Å²) in [5, 5.41) is 3.01. The van der Waals surface area contributed by atoms with E-state index in [2.05, 4.69) is 5.32 Å². The van der Waals surface area contributed by atoms with Gasteiger partial charge in [-0.05, 0) is 17.7 Å². The average Bonchev–Trinajstić information content (AvgIpc) is 2.54. The molecule has 1 amide bonds. The van der Waals surface area contributed by atoms with E-state index in [-0.39, 0.29) is 0 Å². The summed E-state index contributed by atoms with van der Waals surface area (Å²) < 4.78 is 4.76. The Bertz CT molecular complexity index is 658. The van der Waals surface area contributed by atoms with E-state index in [1.807, 2.05) is 30.3 Å². The summed E-state index contributed by atoms with van der Waals surface area (Å²) in [5.74, 6) is -0.902. The molecule has 0 saturated carbocycles. The molecule has 5 heteroatoms. The predicted molar refractivity (Wildman–Crippen MR) is 84.9 cm³/mol. The smallest absolute Gasteiger partial charge is 0.328 e. The minimum absolute atomic E-state index is 0.325. The second-order valence-corrected chi connectivity index (χ2v) is 5.13. The lowest BCUT2D eigenvalue weighted by molar-refractivity contribution is -0.142. The summed E-state index contributed by atoms with van der Waals surface area (Å²) in [6, 6.07) is 15.3. The highest BCUT2D eigenvalue weighted by Gasteiger charge is 2.23. The van der Waals surface area contributed by atoms with Crippen LogP contribution < -0.4 is 5.32 Å². The van der Waals surface area contributed by atoms with Crippen molar-refractivity contribution >= 4 is 23.5 Å². The van der Waals surface area contributed by atoms with Gasteiger partial charge >= 0.3 is 5.97 Å². The third-order valence-corrected chi connectivity index (χ3v) is 3.52. The van der Waals surface area contributed by atoms with Gasteiger partial charge in [0.05, 0.1) is 17.7 Å². The second kappa shape index (κ2) is 7.61. The zero-order valence-corrected chi connectivity index (χ0v) is 12.8. The normalized spacial score (nSPS) is 11.5. The molecule has 0 aliphatic rings. The number of amides is 1. The Morgan fingerprint density at radius 3 is 2.36 bits per heavy atom. The lowest BCUT2D eigenvalue weighted by Crippen LogP contribution is -2.43. The molecule has 0 aliphatic heterocycles. The van der Waals surface area contributed by atoms with Crippen molar-refractivity contribution in [2.45, 2.75) is 12.5 Å². The SMILES string of the molecule is COC(=O)C(Cc1ccccc1)NC(=O)c1ccccc1Cl. The predicted octanol–water partition coefficient (Wildman–Crippen LogP) is 2.85. The van der Waals surface area contributed by atoms with Crippen LogP contribution in [0.15, 0.2) is 54.6 Å². The topological polar surface area (TPSA) is 55.4 Å². The van der Waals surface area contributed by atoms with Crippen LogP contribution in [0.1, 0.15) is 15.9 Å². The van der Waals surface area contributed by atoms with Crippen molar-refractivity contribution < 1.29 is 14.3 Å². The van der Waals surface area contributed by atoms with Crippen molar-refractivity contribution in [3.63, 3.8) is 0 Å². The number of halogens is 1. The molecule has 114 valence electrons. The average molecular weight is 318 g/mol. The summed E-state index contributed by atoms with van der Waals surface area (Å²) in [4.78, 5) is 24.2. The number of nitrogens with one attached hydrogen (secondary N) is 1. The molecular formula is C17H16ClNO3. The molecule has 0 aliphatic carbocycles. The highest BCUT2D eigenvalue weighted by atomic mass is 35.5. The molecule has 0 aromatic heterocycles. The van der Waals surface area contributed by atoms with Gasteiger partial charge in [-0.15, -0.1) is 0 Å². The van der Waals surface area contributed by atoms with Gasteiger partial charge in [0.1, 0.15) is 6.04 Å². The molecule has 22 heavy (non-hydrogen) atoms. The molecule has 1 N–H and O–H groups in total. The first-order valence-corrected chi connectivity index (χ1v) is 7.16. The zero-order chi connectivity index (χ0) is 15.9. The Labute approximate surface area is 134 Å². The molecule has 2 aromatic carbocycles. The highest BCUT2D eigenvalue weighted by Crippen LogP contribution is 2.15. The standard InChI is InChI=1S/C17H16ClNO3/c1-22-17(21)15(11-12-7-3-2-4-8-12)19-16(20)13-9-5-6-10-14(13)18/h2-10,15H,11H2,1H3,(H,19,20). The van der Waals surface area contributed by atoms with Gasteiger partial charge < -0.3 is 10.1 Å². The summed E-state index contributed by atoms with van der Waals surface area (Å²) in [6.45, 7) is 0. The van der Waals surface area contributed by atoms with Gasteiger partial charge in [-0.2, -0.15) is 0 Å². The van der Waals surface area contributed by atoms with Crippen molar-refractivity contribution in [3.8, 4) is 0 Å². The van der Waals surface area contributed by atoms with Crippen molar-refractivity contribution in [2.75, 3.05) is 7.11 Å². The third-order valence-electron chi connectivity index (χ3n) is 3.19. The Hall–Kier alpha value is -2.33. The van der Waals surface area contributed by atoms with Crippen LogP contribution in [0.3, 0.4) is 0 Å². The van der Waals surface area contributed by atoms with Crippen LogP contribution in [0.25, 0.3) is 0 Å². The minimum Gasteiger partial charge on any atom is -0.467 e. The highest BCUT2D eigenvalue weighted by molar-refractivity contribution is 6.33. The van der Waals surface area contributed by atoms with Gasteiger partial charge in [-0.1, -0.05) is 54.1 Å². The van der Waals surface area contributed by atoms with E-state index in [4.69, 9.17) is 16.3 Å². The number of benzene rings is 2. The van der Waals surface area contributed by atoms with E-state index in [1.165, 1.54) is 7.11 Å². The third kappa shape index (κ3) is 4.09. The first-order chi connectivity index (χ1) is 10.6. The van der Waals surface area contributed by atoms with E-state index in [0.717, 1.165) is 5.56 Å². The Kier molecular flexibility index (Phi) is 5.55. The van der Waals surface area contributed by atoms with E-state index in [1.54, 1.807) is 24.3 Å². The number of methoxy groups -OCH3 is 1. The second-order valence-electron chi connectivity index (χ2n) is 4.72. The quantitative estimate of drug-likeness (QED) is 0.863. The van der Waals surface area contributed by atoms with Crippen LogP contribution in [0, 0.1) is 0 Å². The van der Waals surface area contributed by atoms with Crippen LogP contribution in [0.2, 0.25) is 5.02 Å². The lowest BCUT2D eigenvalue weighted by Gasteiger charge is -2.17. The summed E-state index contributed by atoms with van der Waals surface area (Å²) in [7, 11) is 1.29. The van der Waals surface area contributed by atoms with Crippen molar-refractivity contribution in [3.05, 3.63) is 70.7 Å². The number of esters is 1. The molecule has 0 heterocycles. The number of hydrogen-bond donors (Lipinski definition) is 1. The Morgan fingerprint density at radius 1 is 1.09 bits per heavy atom. The molecule has 2 aromatic rings. The zero-order valence-electron chi connectivity index (χ0n) is 12.1. The largest absolute Gasteiger partial charge is 0.467 e. The molecule has 1 unspecified atom stereocenters. The minimum atomic E-state index is -0.767. The maximum Gasteiger partial charge on any atom is 0.328 e. The number of rotatable bonds is 5. The number of ether oxygens (including phenoxy) is 1. The van der Waals surface area contributed by atoms with Crippen LogP contribution in [0.4, 0.5) is 0 Å². The lowest BCUT2D eigenvalue weighted by atomic mass is 10.1. The van der Waals surface area contributed by atoms with Gasteiger partial charge in [0.2, 0.25) is 0 Å². The molecular weight excluding hydrogens is 302 g/mol. The molecule has 0 radical (unpaired) electrons. The van der Waals surface area contributed by atoms with E-state index in [0.29, 0.717) is 17.0 Å². The molecule has 1 atom stereocenters. The monoisotopic (exact) mass is 317 g/mol. The van der Waals surface area contributed by atoms with Gasteiger partial charge in [-0.3, -0.25) is 4.79 Å². The van der Waals surface area contributed by atoms with Crippen molar-refractivity contribution in [2.24, 2.45) is 0 Å². The fourth-order valence-corrected chi connectivity index (χ4v) is 2.29. The van der Waals surface area contributed by atoms with Gasteiger partial charge in [0.15, 0.2) is 0 Å². The molecule has 0 bridgehead atoms. The molecule has 2 rings (SSSR count). The Morgan fingerprint density at radius 2 is 1.73 bits per heavy atom. The summed E-state index contributed by atoms with van der Waals surface area (Å²) >= 11 is 6.00. The fraction of sp³-hybridized carbons (Fsp3) is 0.176. The van der Waals surface area contributed by atoms with E-state index < -0.39 is 17.9 Å². The van der Waals surface area contributed by atoms with Gasteiger partial charge in [0, 0.05) is 6.42 Å². The molecule has 4 nitrogen and oxygen atoms in total. The first kappa shape index (κ1) is 16.0. The van der Waals surface area contributed by atoms with Gasteiger partial charge in [-0.25, -0.2) is 4.79 Å². The van der Waals surface area contributed by atoms with Crippen molar-refractivity contribution in [1.82, 2.24) is 5.32 Å². The Balaban J connectivity index is 2.15. The van der Waals surface area contributed by atoms with Gasteiger partial charge in [0.25, 0.3) is 5.91 Å². The van der Waals surface area contributed by atoms with Crippen LogP contribution >= 0.6 is 11.6 Å². The van der Waals surface area contributed by atoms with Crippen LogP contribution in [0.5, 0.6) is 0 Å². The molecule has 0 fully saturated rings. The summed E-state index contributed by atoms with van der Waals surface area (Å²) in [6.07, 6.45) is 0.351. The van der Waals surface area contributed by atoms with E-state index in [9.17, 15) is 9.59 Å². The molecule has 0 spiro atoms. The maximum atomic E-state index is 12.3. The first-order valence-electron chi connectivity index (χ1n) is 6.79. The number of carbonyl (C=O) groups excluding carboxylic acids is 2. The molecule has 0 saturated heterocycles.